The second-order valence-electron chi connectivity index (χ2n) is 19.4. The lowest BCUT2D eigenvalue weighted by molar-refractivity contribution is 0.670. The Morgan fingerprint density at radius 1 is 0.373 bits per heavy atom. The summed E-state index contributed by atoms with van der Waals surface area (Å²) in [4.78, 5) is 9.59. The smallest absolute Gasteiger partial charge is 0.117 e. The second-order valence-corrected chi connectivity index (χ2v) is 21.5. The molecule has 3 nitrogen and oxygen atoms in total. The molecule has 0 bridgehead atoms. The van der Waals surface area contributed by atoms with E-state index in [1.54, 1.807) is 0 Å². The van der Waals surface area contributed by atoms with Crippen LogP contribution in [0.1, 0.15) is 25.0 Å². The normalized spacial score (nSPS) is 13.1. The SMILES string of the molecule is [B]c1c([B])c(-c2ncnc3c2sc2ccc(-n4c5c([B])c([B])c([B])c([B])c5c5c([B])c6c(c([B])c54)C(C)(C)c4c([B])c([B])c([B])c([B])c4-6)cc23)c([B])c(-c2c([B])c([B])c([B])c3c2sc2c([B])c([B])c([B])c([B])c23)c1[B]. The Labute approximate surface area is 469 Å². The maximum Gasteiger partial charge on any atom is 0.117 e. The molecule has 12 rings (SSSR count). The van der Waals surface area contributed by atoms with E-state index in [0.717, 1.165) is 4.70 Å². The Kier molecular flexibility index (Phi) is 11.5. The number of hydrogen-bond acceptors (Lipinski definition) is 4. The molecule has 4 aromatic heterocycles. The quantitative estimate of drug-likeness (QED) is 0.165. The Morgan fingerprint density at radius 3 is 1.51 bits per heavy atom. The van der Waals surface area contributed by atoms with Gasteiger partial charge in [0, 0.05) is 47.0 Å². The van der Waals surface area contributed by atoms with Gasteiger partial charge in [0.1, 0.15) is 171 Å². The summed E-state index contributed by atoms with van der Waals surface area (Å²) >= 11 is 2.58. The highest BCUT2D eigenvalue weighted by Gasteiger charge is 2.42. The van der Waals surface area contributed by atoms with Gasteiger partial charge in [0.05, 0.1) is 15.9 Å². The molecule has 4 heterocycles. The Hall–Kier alpha value is -4.78. The highest BCUT2D eigenvalue weighted by Crippen LogP contribution is 2.47. The summed E-state index contributed by atoms with van der Waals surface area (Å²) in [5, 5.41) is 2.38. The van der Waals surface area contributed by atoms with E-state index in [1.807, 2.05) is 36.6 Å². The van der Waals surface area contributed by atoms with Crippen LogP contribution in [0.4, 0.5) is 0 Å². The van der Waals surface area contributed by atoms with Crippen LogP contribution < -0.4 is 115 Å². The average Bonchev–Trinajstić information content (AvgIpc) is 4.16. The van der Waals surface area contributed by atoms with Crippen LogP contribution in [0.3, 0.4) is 0 Å². The summed E-state index contributed by atoms with van der Waals surface area (Å²) in [6.45, 7) is 3.91. The third-order valence-electron chi connectivity index (χ3n) is 15.3. The third kappa shape index (κ3) is 6.33. The van der Waals surface area contributed by atoms with E-state index in [9.17, 15) is 0 Å². The second kappa shape index (κ2) is 16.9. The lowest BCUT2D eigenvalue weighted by Crippen LogP contribution is -2.51. The van der Waals surface area contributed by atoms with Gasteiger partial charge in [-0.25, -0.2) is 9.97 Å². The molecule has 0 saturated heterocycles. The molecule has 42 radical (unpaired) electrons. The molecule has 0 N–H and O–H groups in total. The van der Waals surface area contributed by atoms with Gasteiger partial charge in [0.25, 0.3) is 0 Å². The number of aromatic nitrogens is 3. The molecule has 0 atom stereocenters. The van der Waals surface area contributed by atoms with Crippen molar-refractivity contribution >= 4 is 364 Å². The lowest BCUT2D eigenvalue weighted by atomic mass is 9.60. The number of benzene rings is 7. The standard InChI is InChI=1S/C49H10B21N3S2/c1-49(2)19-11(23(52)34(63)37(66)30(19)59)10-20(49)31(60)44-13(21(10)50)14-25(54)35(64)38(67)40(69)45(14)73(44)7-3-4-9-8(5-7)42-48(74-9)43(72-6-71-42)18-22(51)12(24(53)32(61)29(18)58)15-26(55)33(62)27(56)16-17-28(57)36(65)39(68)41(70)47(17)75-46(15)16/h3-6H,1-2H3. The molecule has 26 heteroatoms. The van der Waals surface area contributed by atoms with E-state index in [2.05, 4.69) is 0 Å². The topological polar surface area (TPSA) is 30.7 Å². The van der Waals surface area contributed by atoms with Crippen molar-refractivity contribution in [2.45, 2.75) is 19.3 Å². The minimum absolute atomic E-state index is 0.00370. The van der Waals surface area contributed by atoms with Crippen molar-refractivity contribution < 1.29 is 0 Å². The van der Waals surface area contributed by atoms with E-state index in [0.29, 0.717) is 102 Å². The zero-order chi connectivity index (χ0) is 54.0. The highest BCUT2D eigenvalue weighted by molar-refractivity contribution is 7.28. The van der Waals surface area contributed by atoms with Crippen molar-refractivity contribution in [3.05, 3.63) is 35.7 Å². The molecule has 11 aromatic rings. The summed E-state index contributed by atoms with van der Waals surface area (Å²) < 4.78 is 4.20. The summed E-state index contributed by atoms with van der Waals surface area (Å²) in [5.74, 6) is 0. The molecule has 0 spiro atoms. The molecule has 7 aromatic carbocycles. The van der Waals surface area contributed by atoms with Gasteiger partial charge in [-0.1, -0.05) is 84.9 Å². The van der Waals surface area contributed by atoms with Gasteiger partial charge in [0.15, 0.2) is 0 Å². The minimum atomic E-state index is -0.898. The van der Waals surface area contributed by atoms with E-state index in [-0.39, 0.29) is 120 Å². The van der Waals surface area contributed by atoms with E-state index < -0.39 is 5.41 Å². The molecule has 1 aliphatic carbocycles. The first-order chi connectivity index (χ1) is 35.3. The summed E-state index contributed by atoms with van der Waals surface area (Å²) in [5.41, 5.74) is 6.99. The molecule has 0 fully saturated rings. The summed E-state index contributed by atoms with van der Waals surface area (Å²) in [7, 11) is 142. The van der Waals surface area contributed by atoms with Gasteiger partial charge in [-0.05, 0) is 73.3 Å². The fourth-order valence-electron chi connectivity index (χ4n) is 11.6. The minimum Gasteiger partial charge on any atom is -0.310 e. The first-order valence-corrected chi connectivity index (χ1v) is 24.4. The summed E-state index contributed by atoms with van der Waals surface area (Å²) in [6.07, 6.45) is 1.39. The van der Waals surface area contributed by atoms with Crippen LogP contribution in [-0.2, 0) is 5.41 Å². The first-order valence-electron chi connectivity index (χ1n) is 22.8. The maximum atomic E-state index is 7.45. The predicted octanol–water partition coefficient (Wildman–Crippen LogP) is -11.4. The zero-order valence-electron chi connectivity index (χ0n) is 40.1. The third-order valence-corrected chi connectivity index (χ3v) is 17.7. The van der Waals surface area contributed by atoms with Gasteiger partial charge < -0.3 is 4.57 Å². The molecule has 0 unspecified atom stereocenters. The van der Waals surface area contributed by atoms with Crippen LogP contribution in [0.2, 0.25) is 0 Å². The molecular formula is C49H10B21N3S2. The van der Waals surface area contributed by atoms with Crippen molar-refractivity contribution in [2.24, 2.45) is 0 Å². The lowest BCUT2D eigenvalue weighted by Gasteiger charge is -2.28. The number of nitrogens with zero attached hydrogens (tertiary/aromatic N) is 3. The first kappa shape index (κ1) is 51.0. The van der Waals surface area contributed by atoms with Crippen molar-refractivity contribution in [3.63, 3.8) is 0 Å². The Balaban J connectivity index is 1.13. The highest BCUT2D eigenvalue weighted by atomic mass is 32.1. The molecule has 0 amide bonds. The van der Waals surface area contributed by atoms with Crippen LogP contribution >= 0.6 is 22.7 Å². The number of fused-ring (bicyclic) bond motifs is 12. The maximum absolute atomic E-state index is 7.45. The van der Waals surface area contributed by atoms with Crippen molar-refractivity contribution in [2.75, 3.05) is 0 Å². The van der Waals surface area contributed by atoms with Gasteiger partial charge in [-0.2, -0.15) is 0 Å². The van der Waals surface area contributed by atoms with Crippen LogP contribution in [0.5, 0.6) is 0 Å². The van der Waals surface area contributed by atoms with E-state index in [4.69, 9.17) is 175 Å². The van der Waals surface area contributed by atoms with Crippen molar-refractivity contribution in [3.8, 4) is 39.2 Å². The number of thiophene rings is 2. The van der Waals surface area contributed by atoms with Gasteiger partial charge in [-0.3, -0.25) is 0 Å². The van der Waals surface area contributed by atoms with Crippen LogP contribution in [0.15, 0.2) is 24.5 Å². The molecule has 0 aliphatic heterocycles. The van der Waals surface area contributed by atoms with Crippen molar-refractivity contribution in [1.82, 2.24) is 14.5 Å². The van der Waals surface area contributed by atoms with E-state index in [1.165, 1.54) is 29.0 Å². The monoisotopic (exact) mass is 935 g/mol. The average molecular weight is 932 g/mol. The van der Waals surface area contributed by atoms with Crippen LogP contribution in [0.25, 0.3) is 101 Å². The number of hydrogen-bond donors (Lipinski definition) is 0. The zero-order valence-corrected chi connectivity index (χ0v) is 41.7. The fraction of sp³-hybridized carbons (Fsp3) is 0.0612. The molecule has 75 heavy (non-hydrogen) atoms. The van der Waals surface area contributed by atoms with Crippen molar-refractivity contribution in [1.29, 1.82) is 0 Å². The molecule has 0 saturated carbocycles. The molecule has 1 aliphatic rings. The molecular weight excluding hydrogens is 922 g/mol. The summed E-state index contributed by atoms with van der Waals surface area (Å²) in [6, 6.07) is 5.73. The van der Waals surface area contributed by atoms with Gasteiger partial charge >= 0.3 is 0 Å². The largest absolute Gasteiger partial charge is 0.310 e. The Morgan fingerprint density at radius 2 is 0.840 bits per heavy atom. The van der Waals surface area contributed by atoms with Crippen LogP contribution in [-0.4, -0.2) is 179 Å². The van der Waals surface area contributed by atoms with Gasteiger partial charge in [-0.15, -0.1) is 66.4 Å². The fourth-order valence-corrected chi connectivity index (χ4v) is 14.1. The predicted molar refractivity (Wildman–Crippen MR) is 344 cm³/mol. The van der Waals surface area contributed by atoms with E-state index >= 15 is 0 Å². The molecule has 296 valence electrons. The Bertz CT molecular complexity index is 4590. The van der Waals surface area contributed by atoms with Crippen LogP contribution in [0, 0.1) is 0 Å². The van der Waals surface area contributed by atoms with Gasteiger partial charge in [0.2, 0.25) is 0 Å². The number of rotatable bonds is 3.